The molecule has 2 fully saturated rings. The fourth-order valence-electron chi connectivity index (χ4n) is 3.30. The molecule has 25 heavy (non-hydrogen) atoms. The van der Waals surface area contributed by atoms with Gasteiger partial charge in [0.25, 0.3) is 5.92 Å². The number of hydrazine groups is 1. The Morgan fingerprint density at radius 1 is 1.24 bits per heavy atom. The van der Waals surface area contributed by atoms with E-state index in [-0.39, 0.29) is 13.2 Å². The summed E-state index contributed by atoms with van der Waals surface area (Å²) in [6.07, 6.45) is -0.0796. The second kappa shape index (κ2) is 8.07. The molecule has 0 spiro atoms. The van der Waals surface area contributed by atoms with Crippen LogP contribution in [0.5, 0.6) is 0 Å². The van der Waals surface area contributed by atoms with Crippen LogP contribution in [0.15, 0.2) is 30.3 Å². The van der Waals surface area contributed by atoms with Gasteiger partial charge in [0.2, 0.25) is 0 Å². The molecule has 2 heterocycles. The van der Waals surface area contributed by atoms with Gasteiger partial charge in [-0.1, -0.05) is 30.3 Å². The lowest BCUT2D eigenvalue weighted by Gasteiger charge is -2.43. The maximum absolute atomic E-state index is 14.0. The van der Waals surface area contributed by atoms with E-state index in [1.807, 2.05) is 35.2 Å². The molecule has 0 aromatic heterocycles. The number of carbonyl (C=O) groups is 1. The van der Waals surface area contributed by atoms with Crippen LogP contribution in [0.1, 0.15) is 12.0 Å². The van der Waals surface area contributed by atoms with Crippen LogP contribution in [0, 0.1) is 0 Å². The highest BCUT2D eigenvalue weighted by Crippen LogP contribution is 2.28. The van der Waals surface area contributed by atoms with Crippen molar-refractivity contribution in [2.24, 2.45) is 0 Å². The van der Waals surface area contributed by atoms with Gasteiger partial charge < -0.3 is 10.1 Å². The summed E-state index contributed by atoms with van der Waals surface area (Å²) < 4.78 is 33.2. The van der Waals surface area contributed by atoms with Crippen molar-refractivity contribution < 1.29 is 18.3 Å². The zero-order valence-corrected chi connectivity index (χ0v) is 14.1. The van der Waals surface area contributed by atoms with Gasteiger partial charge in [-0.2, -0.15) is 0 Å². The van der Waals surface area contributed by atoms with Gasteiger partial charge in [0, 0.05) is 26.2 Å². The number of piperazine rings is 1. The Labute approximate surface area is 146 Å². The number of piperidine rings is 1. The Kier molecular flexibility index (Phi) is 5.82. The second-order valence-corrected chi connectivity index (χ2v) is 6.44. The molecule has 1 aromatic carbocycles. The van der Waals surface area contributed by atoms with Gasteiger partial charge in [-0.25, -0.2) is 18.6 Å². The molecule has 3 rings (SSSR count). The molecule has 2 saturated heterocycles. The quantitative estimate of drug-likeness (QED) is 0.857. The molecule has 0 bridgehead atoms. The van der Waals surface area contributed by atoms with Crippen molar-refractivity contribution in [3.8, 4) is 0 Å². The Hall–Kier alpha value is -1.77. The highest BCUT2D eigenvalue weighted by Gasteiger charge is 2.45. The summed E-state index contributed by atoms with van der Waals surface area (Å²) in [5, 5.41) is 4.47. The summed E-state index contributed by atoms with van der Waals surface area (Å²) >= 11 is 0. The van der Waals surface area contributed by atoms with Crippen LogP contribution in [0.25, 0.3) is 0 Å². The maximum Gasteiger partial charge on any atom is 0.422 e. The maximum atomic E-state index is 14.0. The molecule has 1 unspecified atom stereocenters. The standard InChI is InChI=1S/C17H24F2N4O2/c18-17(19)13-20-7-6-15(17)22-8-10-23(11-9-22)21-16(24)25-12-14-4-2-1-3-5-14/h1-5,15,20H,6-13H2,(H,21,24). The second-order valence-electron chi connectivity index (χ2n) is 6.44. The first kappa shape index (κ1) is 18.0. The zero-order chi connectivity index (χ0) is 17.7. The molecule has 2 aliphatic rings. The van der Waals surface area contributed by atoms with E-state index in [4.69, 9.17) is 4.74 Å². The molecule has 1 atom stereocenters. The van der Waals surface area contributed by atoms with E-state index in [1.54, 1.807) is 5.01 Å². The number of benzene rings is 1. The zero-order valence-electron chi connectivity index (χ0n) is 14.1. The lowest BCUT2D eigenvalue weighted by Crippen LogP contribution is -2.62. The first-order chi connectivity index (χ1) is 12.0. The number of alkyl halides is 2. The number of ether oxygens (including phenoxy) is 1. The fraction of sp³-hybridized carbons (Fsp3) is 0.588. The van der Waals surface area contributed by atoms with Crippen molar-refractivity contribution in [3.63, 3.8) is 0 Å². The summed E-state index contributed by atoms with van der Waals surface area (Å²) in [5.41, 5.74) is 3.59. The minimum Gasteiger partial charge on any atom is -0.444 e. The first-order valence-corrected chi connectivity index (χ1v) is 8.59. The van der Waals surface area contributed by atoms with Crippen molar-refractivity contribution in [1.29, 1.82) is 0 Å². The van der Waals surface area contributed by atoms with Gasteiger partial charge in [0.1, 0.15) is 6.61 Å². The molecule has 1 amide bonds. The van der Waals surface area contributed by atoms with Crippen LogP contribution in [0.2, 0.25) is 0 Å². The number of nitrogens with zero attached hydrogens (tertiary/aromatic N) is 2. The van der Waals surface area contributed by atoms with Crippen molar-refractivity contribution in [1.82, 2.24) is 20.7 Å². The van der Waals surface area contributed by atoms with E-state index in [9.17, 15) is 13.6 Å². The topological polar surface area (TPSA) is 56.8 Å². The minimum atomic E-state index is -2.71. The van der Waals surface area contributed by atoms with Gasteiger partial charge in [-0.05, 0) is 18.5 Å². The molecule has 0 aliphatic carbocycles. The predicted molar refractivity (Wildman–Crippen MR) is 89.1 cm³/mol. The summed E-state index contributed by atoms with van der Waals surface area (Å²) in [6, 6.07) is 8.70. The summed E-state index contributed by atoms with van der Waals surface area (Å²) in [5.74, 6) is -2.71. The largest absolute Gasteiger partial charge is 0.444 e. The molecule has 6 nitrogen and oxygen atoms in total. The highest BCUT2D eigenvalue weighted by molar-refractivity contribution is 5.66. The van der Waals surface area contributed by atoms with Gasteiger partial charge in [0.15, 0.2) is 0 Å². The number of hydrogen-bond donors (Lipinski definition) is 2. The molecule has 1 aromatic rings. The Morgan fingerprint density at radius 2 is 1.96 bits per heavy atom. The number of hydrogen-bond acceptors (Lipinski definition) is 5. The molecule has 0 radical (unpaired) electrons. The minimum absolute atomic E-state index is 0.202. The molecular formula is C17H24F2N4O2. The van der Waals surface area contributed by atoms with E-state index < -0.39 is 18.1 Å². The van der Waals surface area contributed by atoms with Gasteiger partial charge in [0.05, 0.1) is 12.6 Å². The van der Waals surface area contributed by atoms with Gasteiger partial charge >= 0.3 is 6.09 Å². The first-order valence-electron chi connectivity index (χ1n) is 8.59. The number of amides is 1. The molecule has 8 heteroatoms. The Morgan fingerprint density at radius 3 is 2.64 bits per heavy atom. The van der Waals surface area contributed by atoms with Crippen LogP contribution in [0.3, 0.4) is 0 Å². The van der Waals surface area contributed by atoms with Crippen molar-refractivity contribution in [3.05, 3.63) is 35.9 Å². The fourth-order valence-corrected chi connectivity index (χ4v) is 3.30. The van der Waals surface area contributed by atoms with E-state index in [0.29, 0.717) is 39.1 Å². The van der Waals surface area contributed by atoms with Crippen molar-refractivity contribution in [2.45, 2.75) is 25.0 Å². The number of nitrogens with one attached hydrogen (secondary N) is 2. The van der Waals surface area contributed by atoms with E-state index in [2.05, 4.69) is 10.7 Å². The highest BCUT2D eigenvalue weighted by atomic mass is 19.3. The van der Waals surface area contributed by atoms with Gasteiger partial charge in [-0.3, -0.25) is 10.3 Å². The van der Waals surface area contributed by atoms with Crippen LogP contribution in [0.4, 0.5) is 13.6 Å². The molecule has 2 N–H and O–H groups in total. The SMILES string of the molecule is O=C(NN1CCN(C2CCNCC2(F)F)CC1)OCc1ccccc1. The van der Waals surface area contributed by atoms with Crippen LogP contribution in [-0.2, 0) is 11.3 Å². The summed E-state index contributed by atoms with van der Waals surface area (Å²) in [6.45, 7) is 2.56. The van der Waals surface area contributed by atoms with E-state index in [1.165, 1.54) is 0 Å². The average Bonchev–Trinajstić information content (AvgIpc) is 2.61. The van der Waals surface area contributed by atoms with Crippen LogP contribution < -0.4 is 10.7 Å². The monoisotopic (exact) mass is 354 g/mol. The third-order valence-electron chi connectivity index (χ3n) is 4.66. The smallest absolute Gasteiger partial charge is 0.422 e. The third kappa shape index (κ3) is 4.87. The van der Waals surface area contributed by atoms with Crippen LogP contribution >= 0.6 is 0 Å². The number of carbonyl (C=O) groups excluding carboxylic acids is 1. The van der Waals surface area contributed by atoms with E-state index >= 15 is 0 Å². The van der Waals surface area contributed by atoms with Crippen LogP contribution in [-0.4, -0.2) is 67.2 Å². The van der Waals surface area contributed by atoms with E-state index in [0.717, 1.165) is 5.56 Å². The Bertz CT molecular complexity index is 565. The lowest BCUT2D eigenvalue weighted by molar-refractivity contribution is -0.106. The van der Waals surface area contributed by atoms with Crippen molar-refractivity contribution >= 4 is 6.09 Å². The number of halogens is 2. The Balaban J connectivity index is 1.41. The number of rotatable bonds is 4. The lowest BCUT2D eigenvalue weighted by atomic mass is 10.00. The molecule has 0 saturated carbocycles. The summed E-state index contributed by atoms with van der Waals surface area (Å²) in [7, 11) is 0. The molecule has 2 aliphatic heterocycles. The summed E-state index contributed by atoms with van der Waals surface area (Å²) in [4.78, 5) is 13.7. The average molecular weight is 354 g/mol. The predicted octanol–water partition coefficient (Wildman–Crippen LogP) is 1.44. The van der Waals surface area contributed by atoms with Crippen molar-refractivity contribution in [2.75, 3.05) is 39.3 Å². The molecule has 138 valence electrons. The third-order valence-corrected chi connectivity index (χ3v) is 4.66. The normalized spacial score (nSPS) is 24.6. The molecular weight excluding hydrogens is 330 g/mol. The van der Waals surface area contributed by atoms with Gasteiger partial charge in [-0.15, -0.1) is 0 Å².